The van der Waals surface area contributed by atoms with Crippen LogP contribution in [-0.4, -0.2) is 4.98 Å². The summed E-state index contributed by atoms with van der Waals surface area (Å²) in [5.41, 5.74) is 9.69. The fraction of sp³-hybridized carbons (Fsp3) is 0. The van der Waals surface area contributed by atoms with E-state index in [0.29, 0.717) is 0 Å². The summed E-state index contributed by atoms with van der Waals surface area (Å²) in [7, 11) is 0. The molecule has 0 unspecified atom stereocenters. The lowest BCUT2D eigenvalue weighted by Crippen LogP contribution is -2.10. The number of fused-ring (bicyclic) bond motifs is 6. The number of hydrogen-bond donors (Lipinski definition) is 0. The first-order chi connectivity index (χ1) is 22.8. The Morgan fingerprint density at radius 2 is 1.09 bits per heavy atom. The summed E-state index contributed by atoms with van der Waals surface area (Å²) in [5, 5.41) is 6.88. The smallest absolute Gasteiger partial charge is 0.153 e. The summed E-state index contributed by atoms with van der Waals surface area (Å²) in [5.74, 6) is 0. The van der Waals surface area contributed by atoms with Crippen LogP contribution in [0.15, 0.2) is 175 Å². The molecule has 0 fully saturated rings. The molecule has 0 aliphatic heterocycles. The predicted octanol–water partition coefficient (Wildman–Crippen LogP) is 12.1. The summed E-state index contributed by atoms with van der Waals surface area (Å²) in [6, 6.07) is 56.4. The zero-order valence-electron chi connectivity index (χ0n) is 25.0. The number of hydrogen-bond acceptors (Lipinski definition) is 3. The monoisotopic (exact) mass is 588 g/mol. The van der Waals surface area contributed by atoms with Gasteiger partial charge in [0, 0.05) is 39.4 Å². The van der Waals surface area contributed by atoms with Crippen molar-refractivity contribution in [2.24, 2.45) is 0 Å². The Morgan fingerprint density at radius 3 is 1.98 bits per heavy atom. The second-order valence-electron chi connectivity index (χ2n) is 11.7. The largest absolute Gasteiger partial charge is 0.454 e. The number of aromatic nitrogens is 1. The van der Waals surface area contributed by atoms with Crippen LogP contribution in [0, 0.1) is 0 Å². The van der Waals surface area contributed by atoms with Gasteiger partial charge in [-0.3, -0.25) is 4.98 Å². The van der Waals surface area contributed by atoms with Crippen LogP contribution in [0.4, 0.5) is 17.1 Å². The number of nitrogens with zero attached hydrogens (tertiary/aromatic N) is 2. The number of anilines is 3. The van der Waals surface area contributed by atoms with Gasteiger partial charge in [0.1, 0.15) is 5.58 Å². The first kappa shape index (κ1) is 26.2. The summed E-state index contributed by atoms with van der Waals surface area (Å²) in [4.78, 5) is 6.61. The quantitative estimate of drug-likeness (QED) is 0.200. The molecule has 0 aliphatic carbocycles. The van der Waals surface area contributed by atoms with Crippen LogP contribution < -0.4 is 4.90 Å². The van der Waals surface area contributed by atoms with Crippen molar-refractivity contribution in [2.45, 2.75) is 0 Å². The van der Waals surface area contributed by atoms with Crippen LogP contribution in [0.3, 0.4) is 0 Å². The van der Waals surface area contributed by atoms with Crippen molar-refractivity contribution >= 4 is 60.5 Å². The zero-order chi connectivity index (χ0) is 30.5. The van der Waals surface area contributed by atoms with Gasteiger partial charge in [0.05, 0.1) is 6.20 Å². The van der Waals surface area contributed by atoms with E-state index < -0.39 is 0 Å². The van der Waals surface area contributed by atoms with Gasteiger partial charge in [-0.15, -0.1) is 0 Å². The molecule has 3 nitrogen and oxygen atoms in total. The molecule has 3 heteroatoms. The molecule has 0 N–H and O–H groups in total. The Bertz CT molecular complexity index is 2530. The van der Waals surface area contributed by atoms with Gasteiger partial charge in [0.15, 0.2) is 5.58 Å². The maximum Gasteiger partial charge on any atom is 0.153 e. The van der Waals surface area contributed by atoms with Crippen LogP contribution in [0.2, 0.25) is 0 Å². The average molecular weight is 589 g/mol. The van der Waals surface area contributed by atoms with Gasteiger partial charge in [-0.25, -0.2) is 0 Å². The van der Waals surface area contributed by atoms with E-state index in [-0.39, 0.29) is 0 Å². The zero-order valence-corrected chi connectivity index (χ0v) is 25.0. The Morgan fingerprint density at radius 1 is 0.413 bits per heavy atom. The van der Waals surface area contributed by atoms with Gasteiger partial charge in [0.2, 0.25) is 0 Å². The lowest BCUT2D eigenvalue weighted by Gasteiger charge is -2.26. The molecule has 9 aromatic rings. The third-order valence-electron chi connectivity index (χ3n) is 8.92. The van der Waals surface area contributed by atoms with E-state index in [9.17, 15) is 0 Å². The molecule has 0 spiro atoms. The Labute approximate surface area is 266 Å². The SMILES string of the molecule is c1ccc(-c2ccc(N(c3cccc(-c4ccc5ccc6c7ccncc7oc6c5c4)c3)c3ccc4ccccc4c3)cc2)cc1. The number of furan rings is 1. The molecule has 0 radical (unpaired) electrons. The minimum atomic E-state index is 0.807. The molecule has 216 valence electrons. The standard InChI is InChI=1S/C43H28N2O/c1-2-7-29(8-3-1)31-15-19-36(20-16-31)45(38-21-17-30-9-4-5-10-33(30)25-38)37-12-6-11-34(26-37)35-14-13-32-18-22-40-39-23-24-44-28-42(39)46-43(40)41(32)27-35/h1-28H. The van der Waals surface area contributed by atoms with E-state index in [2.05, 4.69) is 162 Å². The highest BCUT2D eigenvalue weighted by Crippen LogP contribution is 2.40. The molecule has 0 aliphatic rings. The molecule has 0 saturated carbocycles. The molecular weight excluding hydrogens is 560 g/mol. The molecule has 0 atom stereocenters. The Balaban J connectivity index is 1.18. The highest BCUT2D eigenvalue weighted by Gasteiger charge is 2.16. The van der Waals surface area contributed by atoms with Crippen LogP contribution in [0.5, 0.6) is 0 Å². The van der Waals surface area contributed by atoms with Gasteiger partial charge in [0.25, 0.3) is 0 Å². The maximum atomic E-state index is 6.34. The second-order valence-corrected chi connectivity index (χ2v) is 11.7. The topological polar surface area (TPSA) is 29.3 Å². The van der Waals surface area contributed by atoms with Gasteiger partial charge < -0.3 is 9.32 Å². The van der Waals surface area contributed by atoms with E-state index in [1.165, 1.54) is 21.9 Å². The van der Waals surface area contributed by atoms with Gasteiger partial charge in [-0.05, 0) is 93.0 Å². The van der Waals surface area contributed by atoms with Crippen LogP contribution in [0.1, 0.15) is 0 Å². The minimum absolute atomic E-state index is 0.807. The van der Waals surface area contributed by atoms with Crippen molar-refractivity contribution in [3.8, 4) is 22.3 Å². The molecular formula is C43H28N2O. The molecule has 0 amide bonds. The fourth-order valence-corrected chi connectivity index (χ4v) is 6.61. The fourth-order valence-electron chi connectivity index (χ4n) is 6.61. The lowest BCUT2D eigenvalue weighted by atomic mass is 9.99. The lowest BCUT2D eigenvalue weighted by molar-refractivity contribution is 0.670. The normalized spacial score (nSPS) is 11.5. The third-order valence-corrected chi connectivity index (χ3v) is 8.92. The molecule has 0 saturated heterocycles. The van der Waals surface area contributed by atoms with Crippen molar-refractivity contribution in [1.82, 2.24) is 4.98 Å². The third kappa shape index (κ3) is 4.49. The van der Waals surface area contributed by atoms with Gasteiger partial charge in [-0.1, -0.05) is 103 Å². The Hall–Kier alpha value is -6.19. The van der Waals surface area contributed by atoms with E-state index >= 15 is 0 Å². The van der Waals surface area contributed by atoms with Gasteiger partial charge in [-0.2, -0.15) is 0 Å². The van der Waals surface area contributed by atoms with Crippen molar-refractivity contribution in [3.05, 3.63) is 170 Å². The van der Waals surface area contributed by atoms with Crippen LogP contribution in [-0.2, 0) is 0 Å². The second kappa shape index (κ2) is 10.8. The first-order valence-corrected chi connectivity index (χ1v) is 15.5. The number of rotatable bonds is 5. The minimum Gasteiger partial charge on any atom is -0.454 e. The van der Waals surface area contributed by atoms with Crippen molar-refractivity contribution in [1.29, 1.82) is 0 Å². The summed E-state index contributed by atoms with van der Waals surface area (Å²) in [6.07, 6.45) is 3.61. The summed E-state index contributed by atoms with van der Waals surface area (Å²) >= 11 is 0. The predicted molar refractivity (Wildman–Crippen MR) is 192 cm³/mol. The first-order valence-electron chi connectivity index (χ1n) is 15.5. The van der Waals surface area contributed by atoms with Crippen molar-refractivity contribution in [3.63, 3.8) is 0 Å². The number of pyridine rings is 1. The van der Waals surface area contributed by atoms with Crippen LogP contribution in [0.25, 0.3) is 65.7 Å². The Kier molecular flexibility index (Phi) is 6.14. The molecule has 7 aromatic carbocycles. The molecule has 46 heavy (non-hydrogen) atoms. The van der Waals surface area contributed by atoms with E-state index in [4.69, 9.17) is 4.42 Å². The van der Waals surface area contributed by atoms with E-state index in [0.717, 1.165) is 60.9 Å². The van der Waals surface area contributed by atoms with Crippen molar-refractivity contribution < 1.29 is 4.42 Å². The van der Waals surface area contributed by atoms with Crippen LogP contribution >= 0.6 is 0 Å². The van der Waals surface area contributed by atoms with Gasteiger partial charge >= 0.3 is 0 Å². The van der Waals surface area contributed by atoms with E-state index in [1.807, 2.05) is 12.3 Å². The maximum absolute atomic E-state index is 6.34. The molecule has 0 bridgehead atoms. The summed E-state index contributed by atoms with van der Waals surface area (Å²) < 4.78 is 6.34. The highest BCUT2D eigenvalue weighted by molar-refractivity contribution is 6.15. The molecule has 2 heterocycles. The summed E-state index contributed by atoms with van der Waals surface area (Å²) in [6.45, 7) is 0. The van der Waals surface area contributed by atoms with Crippen molar-refractivity contribution in [2.75, 3.05) is 4.90 Å². The molecule has 9 rings (SSSR count). The van der Waals surface area contributed by atoms with E-state index in [1.54, 1.807) is 6.20 Å². The molecule has 2 aromatic heterocycles. The highest BCUT2D eigenvalue weighted by atomic mass is 16.3. The average Bonchev–Trinajstić information content (AvgIpc) is 3.52. The number of benzene rings is 7.